The van der Waals surface area contributed by atoms with Gasteiger partial charge in [0, 0.05) is 32.4 Å². The van der Waals surface area contributed by atoms with Gasteiger partial charge >= 0.3 is 6.09 Å². The first-order valence-corrected chi connectivity index (χ1v) is 9.81. The molecule has 0 spiro atoms. The molecule has 8 heteroatoms. The second-order valence-electron chi connectivity index (χ2n) is 7.97. The Hall–Kier alpha value is -1.55. The molecule has 166 valence electrons. The first-order valence-electron chi connectivity index (χ1n) is 9.81. The number of halogens is 1. The molecule has 0 saturated heterocycles. The first kappa shape index (κ1) is 27.5. The minimum absolute atomic E-state index is 0. The van der Waals surface area contributed by atoms with Crippen molar-refractivity contribution in [3.05, 3.63) is 29.8 Å². The molecule has 0 aliphatic heterocycles. The monoisotopic (exact) mass is 520 g/mol. The lowest BCUT2D eigenvalue weighted by atomic mass is 10.1. The van der Waals surface area contributed by atoms with Gasteiger partial charge in [-0.05, 0) is 50.8 Å². The van der Waals surface area contributed by atoms with Crippen LogP contribution in [0.1, 0.15) is 40.2 Å². The van der Waals surface area contributed by atoms with E-state index in [-0.39, 0.29) is 24.0 Å². The van der Waals surface area contributed by atoms with Crippen LogP contribution in [0.25, 0.3) is 0 Å². The Morgan fingerprint density at radius 1 is 1.10 bits per heavy atom. The summed E-state index contributed by atoms with van der Waals surface area (Å²) in [7, 11) is 1.75. The van der Waals surface area contributed by atoms with E-state index in [1.165, 1.54) is 0 Å². The second kappa shape index (κ2) is 14.4. The van der Waals surface area contributed by atoms with Crippen LogP contribution in [-0.4, -0.2) is 51.0 Å². The van der Waals surface area contributed by atoms with Crippen molar-refractivity contribution in [2.45, 2.75) is 46.6 Å². The zero-order valence-electron chi connectivity index (χ0n) is 18.5. The molecule has 0 fully saturated rings. The van der Waals surface area contributed by atoms with Crippen LogP contribution in [0.2, 0.25) is 0 Å². The summed E-state index contributed by atoms with van der Waals surface area (Å²) < 4.78 is 10.8. The van der Waals surface area contributed by atoms with E-state index in [0.717, 1.165) is 37.6 Å². The molecule has 7 nitrogen and oxygen atoms in total. The van der Waals surface area contributed by atoms with Gasteiger partial charge in [-0.15, -0.1) is 24.0 Å². The highest BCUT2D eigenvalue weighted by Crippen LogP contribution is 2.13. The number of hydrogen-bond acceptors (Lipinski definition) is 4. The third kappa shape index (κ3) is 14.1. The molecule has 0 aliphatic rings. The summed E-state index contributed by atoms with van der Waals surface area (Å²) >= 11 is 0. The maximum absolute atomic E-state index is 11.8. The molecule has 1 aromatic carbocycles. The summed E-state index contributed by atoms with van der Waals surface area (Å²) in [6.45, 7) is 12.7. The van der Waals surface area contributed by atoms with Crippen molar-refractivity contribution in [2.75, 3.05) is 38.7 Å². The SMILES string of the molecule is CN=C(NCCOCC(C)C)NCCc1ccc(NC(=O)OC(C)(C)C)cc1.I. The normalized spacial score (nSPS) is 11.6. The summed E-state index contributed by atoms with van der Waals surface area (Å²) in [6, 6.07) is 7.73. The van der Waals surface area contributed by atoms with E-state index in [1.54, 1.807) is 7.05 Å². The van der Waals surface area contributed by atoms with Gasteiger partial charge in [-0.2, -0.15) is 0 Å². The highest BCUT2D eigenvalue weighted by molar-refractivity contribution is 14.0. The van der Waals surface area contributed by atoms with E-state index in [0.29, 0.717) is 18.2 Å². The highest BCUT2D eigenvalue weighted by atomic mass is 127. The molecule has 0 saturated carbocycles. The van der Waals surface area contributed by atoms with E-state index < -0.39 is 11.7 Å². The molecule has 0 atom stereocenters. The van der Waals surface area contributed by atoms with Gasteiger partial charge in [0.15, 0.2) is 5.96 Å². The third-order valence-electron chi connectivity index (χ3n) is 3.52. The largest absolute Gasteiger partial charge is 0.444 e. The molecule has 0 heterocycles. The van der Waals surface area contributed by atoms with Crippen LogP contribution in [0.3, 0.4) is 0 Å². The minimum Gasteiger partial charge on any atom is -0.444 e. The fraction of sp³-hybridized carbons (Fsp3) is 0.619. The molecule has 1 aromatic rings. The van der Waals surface area contributed by atoms with Gasteiger partial charge in [-0.1, -0.05) is 26.0 Å². The van der Waals surface area contributed by atoms with Gasteiger partial charge in [0.05, 0.1) is 6.61 Å². The Kier molecular flexibility index (Phi) is 13.7. The topological polar surface area (TPSA) is 84.0 Å². The van der Waals surface area contributed by atoms with Gasteiger partial charge in [0.2, 0.25) is 0 Å². The van der Waals surface area contributed by atoms with Crippen molar-refractivity contribution in [3.63, 3.8) is 0 Å². The summed E-state index contributed by atoms with van der Waals surface area (Å²) in [5, 5.41) is 9.25. The molecular weight excluding hydrogens is 483 g/mol. The van der Waals surface area contributed by atoms with Gasteiger partial charge in [-0.25, -0.2) is 4.79 Å². The van der Waals surface area contributed by atoms with E-state index in [1.807, 2.05) is 45.0 Å². The van der Waals surface area contributed by atoms with Crippen molar-refractivity contribution >= 4 is 41.7 Å². The lowest BCUT2D eigenvalue weighted by Crippen LogP contribution is -2.39. The first-order chi connectivity index (χ1) is 13.2. The van der Waals surface area contributed by atoms with Crippen molar-refractivity contribution < 1.29 is 14.3 Å². The number of nitrogens with one attached hydrogen (secondary N) is 3. The van der Waals surface area contributed by atoms with Crippen LogP contribution in [0.4, 0.5) is 10.5 Å². The minimum atomic E-state index is -0.511. The van der Waals surface area contributed by atoms with Gasteiger partial charge in [0.1, 0.15) is 5.60 Å². The number of anilines is 1. The highest BCUT2D eigenvalue weighted by Gasteiger charge is 2.16. The molecule has 29 heavy (non-hydrogen) atoms. The predicted molar refractivity (Wildman–Crippen MR) is 130 cm³/mol. The smallest absolute Gasteiger partial charge is 0.412 e. The molecular formula is C21H37IN4O3. The maximum atomic E-state index is 11.8. The number of nitrogens with zero attached hydrogens (tertiary/aromatic N) is 1. The zero-order chi connectivity index (χ0) is 21.0. The average molecular weight is 520 g/mol. The number of rotatable bonds is 9. The van der Waals surface area contributed by atoms with Gasteiger partial charge in [-0.3, -0.25) is 10.3 Å². The Balaban J connectivity index is 0.00000784. The Labute approximate surface area is 192 Å². The van der Waals surface area contributed by atoms with Crippen LogP contribution < -0.4 is 16.0 Å². The quantitative estimate of drug-likeness (QED) is 0.198. The number of guanidine groups is 1. The molecule has 0 aliphatic carbocycles. The number of aliphatic imine (C=N–C) groups is 1. The maximum Gasteiger partial charge on any atom is 0.412 e. The molecule has 0 aromatic heterocycles. The van der Waals surface area contributed by atoms with Gasteiger partial charge in [0.25, 0.3) is 0 Å². The molecule has 3 N–H and O–H groups in total. The number of amides is 1. The Bertz CT molecular complexity index is 613. The number of hydrogen-bond donors (Lipinski definition) is 3. The second-order valence-corrected chi connectivity index (χ2v) is 7.97. The van der Waals surface area contributed by atoms with Crippen LogP contribution >= 0.6 is 24.0 Å². The molecule has 0 radical (unpaired) electrons. The van der Waals surface area contributed by atoms with E-state index >= 15 is 0 Å². The zero-order valence-corrected chi connectivity index (χ0v) is 20.8. The van der Waals surface area contributed by atoms with Crippen LogP contribution in [-0.2, 0) is 15.9 Å². The number of benzene rings is 1. The fourth-order valence-corrected chi connectivity index (χ4v) is 2.28. The standard InChI is InChI=1S/C21H36N4O3.HI/c1-16(2)15-27-14-13-24-19(22-6)23-12-11-17-7-9-18(10-8-17)25-20(26)28-21(3,4)5;/h7-10,16H,11-15H2,1-6H3,(H,25,26)(H2,22,23,24);1H. The fourth-order valence-electron chi connectivity index (χ4n) is 2.28. The number of carbonyl (C=O) groups excluding carboxylic acids is 1. The van der Waals surface area contributed by atoms with E-state index in [2.05, 4.69) is 34.8 Å². The predicted octanol–water partition coefficient (Wildman–Crippen LogP) is 4.03. The van der Waals surface area contributed by atoms with Crippen LogP contribution in [0.15, 0.2) is 29.3 Å². The van der Waals surface area contributed by atoms with E-state index in [9.17, 15) is 4.79 Å². The van der Waals surface area contributed by atoms with Crippen molar-refractivity contribution in [1.82, 2.24) is 10.6 Å². The lowest BCUT2D eigenvalue weighted by Gasteiger charge is -2.19. The van der Waals surface area contributed by atoms with E-state index in [4.69, 9.17) is 9.47 Å². The third-order valence-corrected chi connectivity index (χ3v) is 3.52. The van der Waals surface area contributed by atoms with Crippen LogP contribution in [0.5, 0.6) is 0 Å². The summed E-state index contributed by atoms with van der Waals surface area (Å²) in [6.07, 6.45) is 0.395. The van der Waals surface area contributed by atoms with Gasteiger partial charge < -0.3 is 20.1 Å². The number of carbonyl (C=O) groups is 1. The summed E-state index contributed by atoms with van der Waals surface area (Å²) in [5.41, 5.74) is 1.37. The molecule has 0 unspecified atom stereocenters. The lowest BCUT2D eigenvalue weighted by molar-refractivity contribution is 0.0636. The summed E-state index contributed by atoms with van der Waals surface area (Å²) in [5.74, 6) is 1.31. The molecule has 1 rings (SSSR count). The van der Waals surface area contributed by atoms with Crippen LogP contribution in [0, 0.1) is 5.92 Å². The average Bonchev–Trinajstić information content (AvgIpc) is 2.59. The molecule has 1 amide bonds. The Morgan fingerprint density at radius 2 is 1.72 bits per heavy atom. The summed E-state index contributed by atoms with van der Waals surface area (Å²) in [4.78, 5) is 16.0. The number of ether oxygens (including phenoxy) is 2. The van der Waals surface area contributed by atoms with Crippen molar-refractivity contribution in [3.8, 4) is 0 Å². The van der Waals surface area contributed by atoms with Crippen molar-refractivity contribution in [1.29, 1.82) is 0 Å². The molecule has 0 bridgehead atoms. The van der Waals surface area contributed by atoms with Crippen molar-refractivity contribution in [2.24, 2.45) is 10.9 Å². The Morgan fingerprint density at radius 3 is 2.28 bits per heavy atom.